The van der Waals surface area contributed by atoms with Crippen molar-refractivity contribution in [3.8, 4) is 0 Å². The predicted octanol–water partition coefficient (Wildman–Crippen LogP) is 3.32. The van der Waals surface area contributed by atoms with Crippen LogP contribution in [0.3, 0.4) is 0 Å². The van der Waals surface area contributed by atoms with E-state index in [1.807, 2.05) is 7.05 Å². The lowest BCUT2D eigenvalue weighted by atomic mass is 10.1. The Balaban J connectivity index is 1.67. The Kier molecular flexibility index (Phi) is 7.79. The van der Waals surface area contributed by atoms with Gasteiger partial charge in [0.15, 0.2) is 5.96 Å². The minimum Gasteiger partial charge on any atom is -0.356 e. The first kappa shape index (κ1) is 18.5. The monoisotopic (exact) mass is 344 g/mol. The number of rotatable bonds is 8. The third-order valence-corrected chi connectivity index (χ3v) is 4.88. The molecule has 4 nitrogen and oxygen atoms in total. The Bertz CT molecular complexity index is 595. The van der Waals surface area contributed by atoms with Crippen LogP contribution < -0.4 is 10.6 Å². The highest BCUT2D eigenvalue weighted by Gasteiger charge is 2.09. The number of thiophene rings is 1. The normalized spacial score (nSPS) is 13.1. The lowest BCUT2D eigenvalue weighted by molar-refractivity contribution is 0.238. The second kappa shape index (κ2) is 10.1. The van der Waals surface area contributed by atoms with E-state index in [1.54, 1.807) is 11.3 Å². The van der Waals surface area contributed by atoms with E-state index >= 15 is 0 Å². The lowest BCUT2D eigenvalue weighted by Gasteiger charge is -2.25. The highest BCUT2D eigenvalue weighted by Crippen LogP contribution is 2.08. The van der Waals surface area contributed by atoms with Crippen LogP contribution in [0.5, 0.6) is 0 Å². The Morgan fingerprint density at radius 1 is 1.17 bits per heavy atom. The Labute approximate surface area is 149 Å². The SMILES string of the molecule is CN=C(NCCC(C)N(C)Cc1ccccc1)NCc1ccsc1. The van der Waals surface area contributed by atoms with Gasteiger partial charge in [0.05, 0.1) is 0 Å². The van der Waals surface area contributed by atoms with Crippen molar-refractivity contribution >= 4 is 17.3 Å². The quantitative estimate of drug-likeness (QED) is 0.570. The zero-order valence-corrected chi connectivity index (χ0v) is 15.6. The van der Waals surface area contributed by atoms with Crippen molar-refractivity contribution in [1.82, 2.24) is 15.5 Å². The van der Waals surface area contributed by atoms with E-state index in [4.69, 9.17) is 0 Å². The summed E-state index contributed by atoms with van der Waals surface area (Å²) in [5.74, 6) is 0.860. The molecule has 1 unspecified atom stereocenters. The molecule has 130 valence electrons. The molecule has 1 aromatic heterocycles. The zero-order chi connectivity index (χ0) is 17.2. The topological polar surface area (TPSA) is 39.7 Å². The number of nitrogens with zero attached hydrogens (tertiary/aromatic N) is 2. The van der Waals surface area contributed by atoms with Gasteiger partial charge in [-0.05, 0) is 48.3 Å². The fraction of sp³-hybridized carbons (Fsp3) is 0.421. The number of hydrogen-bond acceptors (Lipinski definition) is 3. The van der Waals surface area contributed by atoms with Crippen molar-refractivity contribution < 1.29 is 0 Å². The second-order valence-corrected chi connectivity index (χ2v) is 6.80. The van der Waals surface area contributed by atoms with Crippen LogP contribution in [0.25, 0.3) is 0 Å². The van der Waals surface area contributed by atoms with Crippen molar-refractivity contribution in [3.05, 3.63) is 58.3 Å². The molecule has 0 aliphatic heterocycles. The summed E-state index contributed by atoms with van der Waals surface area (Å²) in [5.41, 5.74) is 2.65. The molecule has 0 bridgehead atoms. The molecular formula is C19H28N4S. The summed E-state index contributed by atoms with van der Waals surface area (Å²) in [7, 11) is 4.00. The van der Waals surface area contributed by atoms with Crippen LogP contribution in [-0.2, 0) is 13.1 Å². The van der Waals surface area contributed by atoms with Gasteiger partial charge in [0, 0.05) is 32.7 Å². The second-order valence-electron chi connectivity index (χ2n) is 6.02. The van der Waals surface area contributed by atoms with Crippen molar-refractivity contribution in [1.29, 1.82) is 0 Å². The molecule has 1 atom stereocenters. The van der Waals surface area contributed by atoms with Crippen LogP contribution in [0.1, 0.15) is 24.5 Å². The maximum Gasteiger partial charge on any atom is 0.191 e. The third kappa shape index (κ3) is 6.34. The summed E-state index contributed by atoms with van der Waals surface area (Å²) >= 11 is 1.72. The molecule has 1 aromatic carbocycles. The van der Waals surface area contributed by atoms with Crippen molar-refractivity contribution in [2.75, 3.05) is 20.6 Å². The molecular weight excluding hydrogens is 316 g/mol. The molecule has 0 saturated carbocycles. The molecule has 0 spiro atoms. The van der Waals surface area contributed by atoms with Crippen molar-refractivity contribution in [2.24, 2.45) is 4.99 Å². The highest BCUT2D eigenvalue weighted by molar-refractivity contribution is 7.07. The predicted molar refractivity (Wildman–Crippen MR) is 105 cm³/mol. The van der Waals surface area contributed by atoms with Gasteiger partial charge in [-0.3, -0.25) is 9.89 Å². The maximum absolute atomic E-state index is 4.28. The number of aliphatic imine (C=N–C) groups is 1. The highest BCUT2D eigenvalue weighted by atomic mass is 32.1. The molecule has 5 heteroatoms. The van der Waals surface area contributed by atoms with E-state index in [9.17, 15) is 0 Å². The van der Waals surface area contributed by atoms with Crippen LogP contribution >= 0.6 is 11.3 Å². The minimum atomic E-state index is 0.507. The number of guanidine groups is 1. The summed E-state index contributed by atoms with van der Waals surface area (Å²) < 4.78 is 0. The molecule has 2 aromatic rings. The average molecular weight is 345 g/mol. The molecule has 0 saturated heterocycles. The molecule has 0 radical (unpaired) electrons. The van der Waals surface area contributed by atoms with Gasteiger partial charge in [0.1, 0.15) is 0 Å². The van der Waals surface area contributed by atoms with E-state index in [1.165, 1.54) is 11.1 Å². The molecule has 0 amide bonds. The van der Waals surface area contributed by atoms with Crippen molar-refractivity contribution in [3.63, 3.8) is 0 Å². The summed E-state index contributed by atoms with van der Waals surface area (Å²) in [6.45, 7) is 4.97. The first-order chi connectivity index (χ1) is 11.7. The largest absolute Gasteiger partial charge is 0.356 e. The molecule has 0 fully saturated rings. The fourth-order valence-electron chi connectivity index (χ4n) is 2.45. The number of benzene rings is 1. The summed E-state index contributed by atoms with van der Waals surface area (Å²) in [4.78, 5) is 6.67. The number of hydrogen-bond donors (Lipinski definition) is 2. The van der Waals surface area contributed by atoms with E-state index < -0.39 is 0 Å². The molecule has 24 heavy (non-hydrogen) atoms. The van der Waals surface area contributed by atoms with Crippen LogP contribution in [0.4, 0.5) is 0 Å². The number of nitrogens with one attached hydrogen (secondary N) is 2. The molecule has 1 heterocycles. The van der Waals surface area contributed by atoms with Gasteiger partial charge >= 0.3 is 0 Å². The van der Waals surface area contributed by atoms with Gasteiger partial charge in [0.2, 0.25) is 0 Å². The first-order valence-corrected chi connectivity index (χ1v) is 9.33. The van der Waals surface area contributed by atoms with Gasteiger partial charge in [-0.2, -0.15) is 11.3 Å². The molecule has 2 N–H and O–H groups in total. The van der Waals surface area contributed by atoms with E-state index in [-0.39, 0.29) is 0 Å². The Morgan fingerprint density at radius 3 is 2.62 bits per heavy atom. The van der Waals surface area contributed by atoms with E-state index in [2.05, 4.69) is 81.7 Å². The Hall–Kier alpha value is -1.85. The van der Waals surface area contributed by atoms with Crippen LogP contribution in [0.15, 0.2) is 52.2 Å². The fourth-order valence-corrected chi connectivity index (χ4v) is 3.12. The third-order valence-electron chi connectivity index (χ3n) is 4.15. The van der Waals surface area contributed by atoms with Gasteiger partial charge in [-0.25, -0.2) is 0 Å². The summed E-state index contributed by atoms with van der Waals surface area (Å²) in [6.07, 6.45) is 1.07. The van der Waals surface area contributed by atoms with Crippen LogP contribution in [-0.4, -0.2) is 37.5 Å². The Morgan fingerprint density at radius 2 is 1.96 bits per heavy atom. The first-order valence-electron chi connectivity index (χ1n) is 8.39. The van der Waals surface area contributed by atoms with Crippen molar-refractivity contribution in [2.45, 2.75) is 32.5 Å². The summed E-state index contributed by atoms with van der Waals surface area (Å²) in [6, 6.07) is 13.2. The maximum atomic E-state index is 4.28. The van der Waals surface area contributed by atoms with Gasteiger partial charge in [-0.15, -0.1) is 0 Å². The van der Waals surface area contributed by atoms with Crippen LogP contribution in [0, 0.1) is 0 Å². The standard InChI is InChI=1S/C19H28N4S/c1-16(23(3)14-17-7-5-4-6-8-17)9-11-21-19(20-2)22-13-18-10-12-24-15-18/h4-8,10,12,15-16H,9,11,13-14H2,1-3H3,(H2,20,21,22). The van der Waals surface area contributed by atoms with Gasteiger partial charge in [-0.1, -0.05) is 30.3 Å². The van der Waals surface area contributed by atoms with Gasteiger partial charge < -0.3 is 10.6 Å². The van der Waals surface area contributed by atoms with E-state index in [0.717, 1.165) is 32.0 Å². The zero-order valence-electron chi connectivity index (χ0n) is 14.8. The average Bonchev–Trinajstić information content (AvgIpc) is 3.12. The lowest BCUT2D eigenvalue weighted by Crippen LogP contribution is -2.39. The summed E-state index contributed by atoms with van der Waals surface area (Å²) in [5, 5.41) is 11.0. The van der Waals surface area contributed by atoms with Crippen LogP contribution in [0.2, 0.25) is 0 Å². The molecule has 2 rings (SSSR count). The molecule has 0 aliphatic rings. The smallest absolute Gasteiger partial charge is 0.191 e. The van der Waals surface area contributed by atoms with E-state index in [0.29, 0.717) is 6.04 Å². The molecule has 0 aliphatic carbocycles. The minimum absolute atomic E-state index is 0.507. The van der Waals surface area contributed by atoms with Gasteiger partial charge in [0.25, 0.3) is 0 Å².